The minimum atomic E-state index is -1.01. The Balaban J connectivity index is 1.78. The highest BCUT2D eigenvalue weighted by Crippen LogP contribution is 2.38. The van der Waals surface area contributed by atoms with Crippen LogP contribution in [0.15, 0.2) is 84.9 Å². The lowest BCUT2D eigenvalue weighted by molar-refractivity contribution is 0.0696. The molecular formula is C29H22N4O3. The molecule has 36 heavy (non-hydrogen) atoms. The van der Waals surface area contributed by atoms with E-state index in [0.717, 1.165) is 21.9 Å². The molecule has 5 aromatic rings. The molecule has 1 aromatic heterocycles. The predicted octanol–water partition coefficient (Wildman–Crippen LogP) is 5.70. The van der Waals surface area contributed by atoms with Crippen LogP contribution in [-0.2, 0) is 0 Å². The van der Waals surface area contributed by atoms with Gasteiger partial charge < -0.3 is 16.6 Å². The van der Waals surface area contributed by atoms with Gasteiger partial charge in [0.15, 0.2) is 11.6 Å². The van der Waals surface area contributed by atoms with Gasteiger partial charge in [-0.05, 0) is 30.5 Å². The van der Waals surface area contributed by atoms with E-state index in [1.807, 2.05) is 48.5 Å². The number of carboxylic acid groups (broad SMARTS) is 1. The molecule has 0 fully saturated rings. The zero-order valence-corrected chi connectivity index (χ0v) is 19.4. The summed E-state index contributed by atoms with van der Waals surface area (Å²) in [5.74, 6) is -0.844. The number of hydrogen-bond acceptors (Lipinski definition) is 6. The van der Waals surface area contributed by atoms with E-state index in [9.17, 15) is 14.7 Å². The smallest absolute Gasteiger partial charge is 0.335 e. The SMILES string of the molecule is CC(=O)c1ccc(-c2nc(N)c(-c3ccc(C(=O)O)cc3)nc2-c2ccc(N)c3ccccc23)cc1. The maximum atomic E-state index is 11.8. The highest BCUT2D eigenvalue weighted by Gasteiger charge is 2.19. The van der Waals surface area contributed by atoms with Crippen LogP contribution in [0.5, 0.6) is 0 Å². The number of anilines is 2. The van der Waals surface area contributed by atoms with Gasteiger partial charge in [-0.15, -0.1) is 0 Å². The lowest BCUT2D eigenvalue weighted by Crippen LogP contribution is -2.04. The van der Waals surface area contributed by atoms with E-state index in [1.165, 1.54) is 19.1 Å². The van der Waals surface area contributed by atoms with E-state index in [1.54, 1.807) is 24.3 Å². The number of aromatic nitrogens is 2. The number of carboxylic acids is 1. The van der Waals surface area contributed by atoms with Crippen LogP contribution in [0.1, 0.15) is 27.6 Å². The van der Waals surface area contributed by atoms with Crippen LogP contribution in [0.3, 0.4) is 0 Å². The lowest BCUT2D eigenvalue weighted by Gasteiger charge is -2.16. The molecule has 5 rings (SSSR count). The predicted molar refractivity (Wildman–Crippen MR) is 142 cm³/mol. The molecule has 0 aliphatic carbocycles. The number of nitrogens with zero attached hydrogens (tertiary/aromatic N) is 2. The largest absolute Gasteiger partial charge is 0.478 e. The molecule has 176 valence electrons. The summed E-state index contributed by atoms with van der Waals surface area (Å²) in [7, 11) is 0. The summed E-state index contributed by atoms with van der Waals surface area (Å²) < 4.78 is 0. The highest BCUT2D eigenvalue weighted by atomic mass is 16.4. The van der Waals surface area contributed by atoms with Crippen LogP contribution in [-0.4, -0.2) is 26.8 Å². The minimum absolute atomic E-state index is 0.0305. The van der Waals surface area contributed by atoms with Crippen LogP contribution >= 0.6 is 0 Å². The second-order valence-electron chi connectivity index (χ2n) is 8.42. The molecule has 0 saturated heterocycles. The Hall–Kier alpha value is -5.04. The molecule has 0 spiro atoms. The Morgan fingerprint density at radius 1 is 0.667 bits per heavy atom. The van der Waals surface area contributed by atoms with Crippen molar-refractivity contribution in [2.45, 2.75) is 6.92 Å². The number of nitrogens with two attached hydrogens (primary N) is 2. The Bertz CT molecular complexity index is 1640. The molecular weight excluding hydrogens is 452 g/mol. The first kappa shape index (κ1) is 22.7. The fourth-order valence-corrected chi connectivity index (χ4v) is 4.21. The third-order valence-electron chi connectivity index (χ3n) is 6.11. The standard InChI is InChI=1S/C29H22N4O3/c1-16(34)17-6-8-18(9-7-17)25-27(23-14-15-24(30)22-5-3-2-4-21(22)23)32-26(28(31)33-25)19-10-12-20(13-11-19)29(35)36/h2-15H,30H2,1H3,(H2,31,33)(H,35,36). The van der Waals surface area contributed by atoms with Crippen LogP contribution in [0, 0.1) is 0 Å². The van der Waals surface area contributed by atoms with Crippen molar-refractivity contribution in [2.24, 2.45) is 0 Å². The summed E-state index contributed by atoms with van der Waals surface area (Å²) in [6.07, 6.45) is 0. The van der Waals surface area contributed by atoms with Gasteiger partial charge in [0, 0.05) is 33.3 Å². The number of nitrogen functional groups attached to an aromatic ring is 2. The number of carbonyl (C=O) groups excluding carboxylic acids is 1. The molecule has 0 aliphatic heterocycles. The number of Topliss-reactive ketones (excluding diaryl/α,β-unsaturated/α-hetero) is 1. The molecule has 0 aliphatic rings. The third-order valence-corrected chi connectivity index (χ3v) is 6.11. The monoisotopic (exact) mass is 474 g/mol. The summed E-state index contributed by atoms with van der Waals surface area (Å²) in [6.45, 7) is 1.52. The molecule has 5 N–H and O–H groups in total. The first-order valence-electron chi connectivity index (χ1n) is 11.2. The fraction of sp³-hybridized carbons (Fsp3) is 0.0345. The normalized spacial score (nSPS) is 10.9. The van der Waals surface area contributed by atoms with Gasteiger partial charge in [0.05, 0.1) is 17.0 Å². The van der Waals surface area contributed by atoms with Gasteiger partial charge >= 0.3 is 5.97 Å². The summed E-state index contributed by atoms with van der Waals surface area (Å²) >= 11 is 0. The zero-order chi connectivity index (χ0) is 25.4. The van der Waals surface area contributed by atoms with E-state index < -0.39 is 5.97 Å². The molecule has 0 unspecified atom stereocenters. The van der Waals surface area contributed by atoms with Gasteiger partial charge in [0.2, 0.25) is 0 Å². The first-order valence-corrected chi connectivity index (χ1v) is 11.2. The van der Waals surface area contributed by atoms with E-state index in [0.29, 0.717) is 33.9 Å². The number of carbonyl (C=O) groups is 2. The van der Waals surface area contributed by atoms with Crippen molar-refractivity contribution >= 4 is 34.0 Å². The quantitative estimate of drug-likeness (QED) is 0.220. The molecule has 4 aromatic carbocycles. The van der Waals surface area contributed by atoms with E-state index in [-0.39, 0.29) is 17.2 Å². The van der Waals surface area contributed by atoms with Crippen molar-refractivity contribution in [3.05, 3.63) is 96.1 Å². The van der Waals surface area contributed by atoms with Crippen molar-refractivity contribution < 1.29 is 14.7 Å². The Morgan fingerprint density at radius 3 is 1.86 bits per heavy atom. The first-order chi connectivity index (χ1) is 17.3. The maximum Gasteiger partial charge on any atom is 0.335 e. The average Bonchev–Trinajstić information content (AvgIpc) is 2.89. The van der Waals surface area contributed by atoms with Crippen molar-refractivity contribution in [2.75, 3.05) is 11.5 Å². The van der Waals surface area contributed by atoms with Crippen LogP contribution < -0.4 is 11.5 Å². The molecule has 0 bridgehead atoms. The second kappa shape index (κ2) is 8.96. The third kappa shape index (κ3) is 4.03. The number of rotatable bonds is 5. The van der Waals surface area contributed by atoms with Gasteiger partial charge in [0.25, 0.3) is 0 Å². The average molecular weight is 475 g/mol. The lowest BCUT2D eigenvalue weighted by atomic mass is 9.96. The molecule has 0 atom stereocenters. The van der Waals surface area contributed by atoms with Gasteiger partial charge in [-0.2, -0.15) is 0 Å². The van der Waals surface area contributed by atoms with Crippen LogP contribution in [0.2, 0.25) is 0 Å². The fourth-order valence-electron chi connectivity index (χ4n) is 4.21. The maximum absolute atomic E-state index is 11.8. The number of benzene rings is 4. The number of hydrogen-bond donors (Lipinski definition) is 3. The van der Waals surface area contributed by atoms with Crippen molar-refractivity contribution in [3.63, 3.8) is 0 Å². The topological polar surface area (TPSA) is 132 Å². The zero-order valence-electron chi connectivity index (χ0n) is 19.4. The molecule has 7 heteroatoms. The number of aromatic carboxylic acids is 1. The van der Waals surface area contributed by atoms with Crippen molar-refractivity contribution in [1.82, 2.24) is 9.97 Å². The Labute approximate surface area is 207 Å². The van der Waals surface area contributed by atoms with Crippen LogP contribution in [0.25, 0.3) is 44.5 Å². The van der Waals surface area contributed by atoms with Gasteiger partial charge in [-0.3, -0.25) is 4.79 Å². The van der Waals surface area contributed by atoms with Gasteiger partial charge in [0.1, 0.15) is 5.69 Å². The van der Waals surface area contributed by atoms with Crippen LogP contribution in [0.4, 0.5) is 11.5 Å². The highest BCUT2D eigenvalue weighted by molar-refractivity contribution is 6.04. The Morgan fingerprint density at radius 2 is 1.25 bits per heavy atom. The van der Waals surface area contributed by atoms with Gasteiger partial charge in [-0.1, -0.05) is 66.7 Å². The Kier molecular flexibility index (Phi) is 5.66. The van der Waals surface area contributed by atoms with E-state index in [2.05, 4.69) is 0 Å². The molecule has 1 heterocycles. The molecule has 0 amide bonds. The van der Waals surface area contributed by atoms with Crippen molar-refractivity contribution in [1.29, 1.82) is 0 Å². The summed E-state index contributed by atoms with van der Waals surface area (Å²) in [5.41, 5.74) is 17.8. The summed E-state index contributed by atoms with van der Waals surface area (Å²) in [6, 6.07) is 25.0. The van der Waals surface area contributed by atoms with E-state index >= 15 is 0 Å². The number of ketones is 1. The van der Waals surface area contributed by atoms with Gasteiger partial charge in [-0.25, -0.2) is 14.8 Å². The second-order valence-corrected chi connectivity index (χ2v) is 8.42. The van der Waals surface area contributed by atoms with Crippen molar-refractivity contribution in [3.8, 4) is 33.8 Å². The summed E-state index contributed by atoms with van der Waals surface area (Å²) in [4.78, 5) is 32.8. The molecule has 0 saturated carbocycles. The summed E-state index contributed by atoms with van der Waals surface area (Å²) in [5, 5.41) is 11.0. The molecule has 7 nitrogen and oxygen atoms in total. The van der Waals surface area contributed by atoms with E-state index in [4.69, 9.17) is 21.4 Å². The number of fused-ring (bicyclic) bond motifs is 1. The molecule has 0 radical (unpaired) electrons. The minimum Gasteiger partial charge on any atom is -0.478 e.